The van der Waals surface area contributed by atoms with Crippen LogP contribution in [0.1, 0.15) is 34.2 Å². The lowest BCUT2D eigenvalue weighted by atomic mass is 10.1. The van der Waals surface area contributed by atoms with Crippen LogP contribution in [0.2, 0.25) is 0 Å². The first-order chi connectivity index (χ1) is 9.47. The molecule has 4 nitrogen and oxygen atoms in total. The standard InChI is InChI=1S/C16H22N2O2/c1-11-5-7-14(8-6-11)16(19)10-18(4)9-15-12(2)17-20-13(15)3/h5-8,16,19H,9-10H2,1-4H3. The van der Waals surface area contributed by atoms with Crippen LogP contribution in [-0.4, -0.2) is 28.8 Å². The number of hydrogen-bond acceptors (Lipinski definition) is 4. The zero-order chi connectivity index (χ0) is 14.7. The van der Waals surface area contributed by atoms with Gasteiger partial charge in [-0.3, -0.25) is 4.90 Å². The molecule has 1 unspecified atom stereocenters. The van der Waals surface area contributed by atoms with E-state index < -0.39 is 6.10 Å². The van der Waals surface area contributed by atoms with Crippen molar-refractivity contribution in [3.8, 4) is 0 Å². The minimum Gasteiger partial charge on any atom is -0.387 e. The average Bonchev–Trinajstić information content (AvgIpc) is 2.71. The third-order valence-corrected chi connectivity index (χ3v) is 3.56. The smallest absolute Gasteiger partial charge is 0.138 e. The second-order valence-corrected chi connectivity index (χ2v) is 5.43. The Balaban J connectivity index is 1.97. The molecular formula is C16H22N2O2. The molecule has 0 aliphatic carbocycles. The molecule has 0 saturated carbocycles. The first-order valence-electron chi connectivity index (χ1n) is 6.82. The molecule has 0 radical (unpaired) electrons. The van der Waals surface area contributed by atoms with Crippen LogP contribution in [-0.2, 0) is 6.54 Å². The SMILES string of the molecule is Cc1ccc(C(O)CN(C)Cc2c(C)noc2C)cc1. The molecule has 2 aromatic rings. The maximum Gasteiger partial charge on any atom is 0.138 e. The van der Waals surface area contributed by atoms with E-state index in [1.807, 2.05) is 52.1 Å². The van der Waals surface area contributed by atoms with Gasteiger partial charge >= 0.3 is 0 Å². The fraction of sp³-hybridized carbons (Fsp3) is 0.438. The van der Waals surface area contributed by atoms with E-state index in [0.717, 1.165) is 29.1 Å². The zero-order valence-corrected chi connectivity index (χ0v) is 12.6. The van der Waals surface area contributed by atoms with E-state index in [1.165, 1.54) is 5.56 Å². The molecule has 0 aliphatic heterocycles. The monoisotopic (exact) mass is 274 g/mol. The maximum atomic E-state index is 10.3. The van der Waals surface area contributed by atoms with E-state index in [9.17, 15) is 5.11 Å². The molecule has 0 fully saturated rings. The largest absolute Gasteiger partial charge is 0.387 e. The topological polar surface area (TPSA) is 49.5 Å². The molecule has 0 aliphatic rings. The van der Waals surface area contributed by atoms with Gasteiger partial charge in [0.05, 0.1) is 11.8 Å². The highest BCUT2D eigenvalue weighted by Gasteiger charge is 2.15. The van der Waals surface area contributed by atoms with E-state index >= 15 is 0 Å². The fourth-order valence-corrected chi connectivity index (χ4v) is 2.25. The third-order valence-electron chi connectivity index (χ3n) is 3.56. The van der Waals surface area contributed by atoms with E-state index in [2.05, 4.69) is 10.1 Å². The lowest BCUT2D eigenvalue weighted by molar-refractivity contribution is 0.123. The summed E-state index contributed by atoms with van der Waals surface area (Å²) in [5, 5.41) is 14.2. The number of hydrogen-bond donors (Lipinski definition) is 1. The number of benzene rings is 1. The summed E-state index contributed by atoms with van der Waals surface area (Å²) >= 11 is 0. The molecule has 1 heterocycles. The second-order valence-electron chi connectivity index (χ2n) is 5.43. The molecule has 108 valence electrons. The number of aliphatic hydroxyl groups excluding tert-OH is 1. The Morgan fingerprint density at radius 1 is 1.20 bits per heavy atom. The van der Waals surface area contributed by atoms with Gasteiger partial charge in [0.2, 0.25) is 0 Å². The van der Waals surface area contributed by atoms with Crippen LogP contribution >= 0.6 is 0 Å². The van der Waals surface area contributed by atoms with E-state index in [1.54, 1.807) is 0 Å². The second kappa shape index (κ2) is 6.20. The molecule has 1 aromatic carbocycles. The quantitative estimate of drug-likeness (QED) is 0.911. The summed E-state index contributed by atoms with van der Waals surface area (Å²) in [7, 11) is 1.99. The molecule has 1 aromatic heterocycles. The molecule has 0 amide bonds. The van der Waals surface area contributed by atoms with Gasteiger partial charge in [-0.25, -0.2) is 0 Å². The van der Waals surface area contributed by atoms with Crippen molar-refractivity contribution in [2.45, 2.75) is 33.4 Å². The Morgan fingerprint density at radius 2 is 1.85 bits per heavy atom. The van der Waals surface area contributed by atoms with Crippen molar-refractivity contribution in [1.82, 2.24) is 10.1 Å². The molecule has 0 spiro atoms. The Bertz CT molecular complexity index is 541. The predicted octanol–water partition coefficient (Wildman–Crippen LogP) is 2.77. The van der Waals surface area contributed by atoms with Crippen LogP contribution in [0.15, 0.2) is 28.8 Å². The van der Waals surface area contributed by atoms with Gasteiger partial charge in [-0.2, -0.15) is 0 Å². The summed E-state index contributed by atoms with van der Waals surface area (Å²) in [4.78, 5) is 2.08. The van der Waals surface area contributed by atoms with Gasteiger partial charge in [-0.15, -0.1) is 0 Å². The van der Waals surface area contributed by atoms with Gasteiger partial charge in [0, 0.05) is 18.7 Å². The predicted molar refractivity (Wildman–Crippen MR) is 78.4 cm³/mol. The minimum atomic E-state index is -0.485. The minimum absolute atomic E-state index is 0.485. The van der Waals surface area contributed by atoms with Crippen LogP contribution in [0.4, 0.5) is 0 Å². The van der Waals surface area contributed by atoms with Crippen LogP contribution < -0.4 is 0 Å². The summed E-state index contributed by atoms with van der Waals surface area (Å²) in [6, 6.07) is 7.99. The number of aliphatic hydroxyl groups is 1. The Labute approximate surface area is 120 Å². The van der Waals surface area contributed by atoms with E-state index in [-0.39, 0.29) is 0 Å². The molecule has 0 saturated heterocycles. The van der Waals surface area contributed by atoms with E-state index in [0.29, 0.717) is 6.54 Å². The summed E-state index contributed by atoms with van der Waals surface area (Å²) in [5.74, 6) is 0.846. The Morgan fingerprint density at radius 3 is 2.40 bits per heavy atom. The van der Waals surface area contributed by atoms with Gasteiger partial charge in [-0.1, -0.05) is 35.0 Å². The molecule has 2 rings (SSSR count). The van der Waals surface area contributed by atoms with E-state index in [4.69, 9.17) is 4.52 Å². The molecular weight excluding hydrogens is 252 g/mol. The van der Waals surface area contributed by atoms with Gasteiger partial charge in [-0.05, 0) is 33.4 Å². The van der Waals surface area contributed by atoms with Crippen LogP contribution in [0.25, 0.3) is 0 Å². The van der Waals surface area contributed by atoms with Crippen LogP contribution in [0.5, 0.6) is 0 Å². The summed E-state index contributed by atoms with van der Waals surface area (Å²) in [5.41, 5.74) is 4.16. The van der Waals surface area contributed by atoms with Gasteiger partial charge in [0.25, 0.3) is 0 Å². The number of aryl methyl sites for hydroxylation is 3. The van der Waals surface area contributed by atoms with Gasteiger partial charge in [0.1, 0.15) is 5.76 Å². The number of rotatable bonds is 5. The Hall–Kier alpha value is -1.65. The first kappa shape index (κ1) is 14.8. The molecule has 4 heteroatoms. The molecule has 1 atom stereocenters. The van der Waals surface area contributed by atoms with Crippen molar-refractivity contribution in [3.63, 3.8) is 0 Å². The molecule has 1 N–H and O–H groups in total. The highest BCUT2D eigenvalue weighted by molar-refractivity contribution is 5.24. The summed E-state index contributed by atoms with van der Waals surface area (Å²) in [6.07, 6.45) is -0.485. The van der Waals surface area contributed by atoms with Gasteiger partial charge in [0.15, 0.2) is 0 Å². The van der Waals surface area contributed by atoms with Crippen molar-refractivity contribution in [2.75, 3.05) is 13.6 Å². The van der Waals surface area contributed by atoms with Crippen molar-refractivity contribution < 1.29 is 9.63 Å². The molecule has 0 bridgehead atoms. The van der Waals surface area contributed by atoms with Crippen molar-refractivity contribution in [1.29, 1.82) is 0 Å². The highest BCUT2D eigenvalue weighted by Crippen LogP contribution is 2.18. The molecule has 20 heavy (non-hydrogen) atoms. The number of nitrogens with zero attached hydrogens (tertiary/aromatic N) is 2. The van der Waals surface area contributed by atoms with Crippen molar-refractivity contribution >= 4 is 0 Å². The normalized spacial score (nSPS) is 12.9. The Kier molecular flexibility index (Phi) is 4.57. The summed E-state index contributed by atoms with van der Waals surface area (Å²) < 4.78 is 5.16. The zero-order valence-electron chi connectivity index (χ0n) is 12.6. The lowest BCUT2D eigenvalue weighted by Gasteiger charge is -2.20. The average molecular weight is 274 g/mol. The van der Waals surface area contributed by atoms with Crippen molar-refractivity contribution in [2.24, 2.45) is 0 Å². The fourth-order valence-electron chi connectivity index (χ4n) is 2.25. The third kappa shape index (κ3) is 3.46. The maximum absolute atomic E-state index is 10.3. The highest BCUT2D eigenvalue weighted by atomic mass is 16.5. The number of aromatic nitrogens is 1. The van der Waals surface area contributed by atoms with Crippen molar-refractivity contribution in [3.05, 3.63) is 52.4 Å². The van der Waals surface area contributed by atoms with Crippen LogP contribution in [0.3, 0.4) is 0 Å². The van der Waals surface area contributed by atoms with Crippen LogP contribution in [0, 0.1) is 20.8 Å². The summed E-state index contributed by atoms with van der Waals surface area (Å²) in [6.45, 7) is 7.20. The van der Waals surface area contributed by atoms with Gasteiger partial charge < -0.3 is 9.63 Å². The first-order valence-corrected chi connectivity index (χ1v) is 6.82. The number of likely N-dealkylation sites (N-methyl/N-ethyl adjacent to an activating group) is 1. The lowest BCUT2D eigenvalue weighted by Crippen LogP contribution is -2.24.